The van der Waals surface area contributed by atoms with Crippen LogP contribution in [0.4, 0.5) is 0 Å². The smallest absolute Gasteiger partial charge is 0.274 e. The first-order valence-electron chi connectivity index (χ1n) is 6.51. The van der Waals surface area contributed by atoms with E-state index in [1.807, 2.05) is 32.3 Å². The molecule has 116 valence electrons. The first-order chi connectivity index (χ1) is 10.0. The highest BCUT2D eigenvalue weighted by Gasteiger charge is 2.02. The van der Waals surface area contributed by atoms with Crippen molar-refractivity contribution < 1.29 is 4.92 Å². The lowest BCUT2D eigenvalue weighted by atomic mass is 10.3. The maximum Gasteiger partial charge on any atom is 0.274 e. The van der Waals surface area contributed by atoms with Crippen molar-refractivity contribution in [3.63, 3.8) is 0 Å². The van der Waals surface area contributed by atoms with Crippen LogP contribution in [0.5, 0.6) is 0 Å². The minimum atomic E-state index is -0.488. The third kappa shape index (κ3) is 7.52. The van der Waals surface area contributed by atoms with Crippen molar-refractivity contribution in [2.75, 3.05) is 33.4 Å². The van der Waals surface area contributed by atoms with Crippen molar-refractivity contribution in [1.29, 1.82) is 0 Å². The molecule has 0 amide bonds. The maximum atomic E-state index is 10.4. The Morgan fingerprint density at radius 3 is 2.90 bits per heavy atom. The number of hydrogen-bond donors (Lipinski definition) is 2. The zero-order chi connectivity index (χ0) is 15.7. The molecule has 0 aromatic carbocycles. The van der Waals surface area contributed by atoms with Crippen molar-refractivity contribution >= 4 is 11.8 Å². The number of thioether (sulfide) groups is 1. The van der Waals surface area contributed by atoms with Gasteiger partial charge in [0.25, 0.3) is 6.20 Å². The van der Waals surface area contributed by atoms with Gasteiger partial charge in [-0.3, -0.25) is 10.1 Å². The molecule has 0 aliphatic rings. The molecule has 21 heavy (non-hydrogen) atoms. The van der Waals surface area contributed by atoms with E-state index >= 15 is 0 Å². The summed E-state index contributed by atoms with van der Waals surface area (Å²) in [6.07, 6.45) is 0.917. The summed E-state index contributed by atoms with van der Waals surface area (Å²) >= 11 is 1.62. The van der Waals surface area contributed by atoms with Crippen LogP contribution >= 0.6 is 11.8 Å². The van der Waals surface area contributed by atoms with E-state index in [-0.39, 0.29) is 0 Å². The Hall–Kier alpha value is -1.80. The highest BCUT2D eigenvalue weighted by Crippen LogP contribution is 2.15. The van der Waals surface area contributed by atoms with E-state index in [1.165, 1.54) is 0 Å². The predicted octanol–water partition coefficient (Wildman–Crippen LogP) is 1.12. The Kier molecular flexibility index (Phi) is 7.55. The molecule has 0 unspecified atom stereocenters. The summed E-state index contributed by atoms with van der Waals surface area (Å²) in [7, 11) is 5.65. The van der Waals surface area contributed by atoms with Gasteiger partial charge < -0.3 is 15.5 Å². The molecular formula is C13H21N5O2S. The largest absolute Gasteiger partial charge is 0.370 e. The van der Waals surface area contributed by atoms with Gasteiger partial charge in [0.15, 0.2) is 5.82 Å². The van der Waals surface area contributed by atoms with E-state index in [2.05, 4.69) is 20.5 Å². The maximum absolute atomic E-state index is 10.4. The Balaban J connectivity index is 2.40. The standard InChI is InChI=1S/C13H21N5O2S/c1-14-12(10-18(19)20)15-7-8-21-13-6-4-5-11(16-13)9-17(2)3/h4-6,10,14-15H,7-9H2,1-3H3. The molecule has 8 heteroatoms. The Bertz CT molecular complexity index is 493. The van der Waals surface area contributed by atoms with Crippen molar-refractivity contribution in [3.8, 4) is 0 Å². The minimum absolute atomic E-state index is 0.398. The van der Waals surface area contributed by atoms with Gasteiger partial charge in [-0.05, 0) is 26.2 Å². The third-order valence-electron chi connectivity index (χ3n) is 2.43. The average molecular weight is 311 g/mol. The van der Waals surface area contributed by atoms with E-state index in [4.69, 9.17) is 0 Å². The molecule has 1 heterocycles. The molecule has 0 atom stereocenters. The van der Waals surface area contributed by atoms with E-state index in [0.717, 1.165) is 29.2 Å². The van der Waals surface area contributed by atoms with Crippen LogP contribution in [0.1, 0.15) is 5.69 Å². The Labute approximate surface area is 129 Å². The van der Waals surface area contributed by atoms with E-state index in [0.29, 0.717) is 12.4 Å². The van der Waals surface area contributed by atoms with Gasteiger partial charge in [-0.25, -0.2) is 4.98 Å². The van der Waals surface area contributed by atoms with Crippen molar-refractivity contribution in [3.05, 3.63) is 46.0 Å². The van der Waals surface area contributed by atoms with Gasteiger partial charge in [0.05, 0.1) is 15.6 Å². The van der Waals surface area contributed by atoms with Gasteiger partial charge >= 0.3 is 0 Å². The molecule has 0 fully saturated rings. The molecule has 0 radical (unpaired) electrons. The second-order valence-electron chi connectivity index (χ2n) is 4.56. The molecule has 7 nitrogen and oxygen atoms in total. The van der Waals surface area contributed by atoms with Crippen LogP contribution in [0.25, 0.3) is 0 Å². The molecule has 0 saturated carbocycles. The first kappa shape index (κ1) is 17.3. The monoisotopic (exact) mass is 311 g/mol. The number of pyridine rings is 1. The lowest BCUT2D eigenvalue weighted by Gasteiger charge is -2.10. The van der Waals surface area contributed by atoms with Gasteiger partial charge in [0, 0.05) is 25.9 Å². The molecule has 0 saturated heterocycles. The van der Waals surface area contributed by atoms with Crippen LogP contribution in [0.15, 0.2) is 35.2 Å². The van der Waals surface area contributed by atoms with Gasteiger partial charge in [-0.1, -0.05) is 6.07 Å². The third-order valence-corrected chi connectivity index (χ3v) is 3.36. The summed E-state index contributed by atoms with van der Waals surface area (Å²) in [5.74, 6) is 1.17. The number of nitrogens with one attached hydrogen (secondary N) is 2. The van der Waals surface area contributed by atoms with Gasteiger partial charge in [-0.2, -0.15) is 0 Å². The molecule has 2 N–H and O–H groups in total. The predicted molar refractivity (Wildman–Crippen MR) is 84.5 cm³/mol. The average Bonchev–Trinajstić information content (AvgIpc) is 2.41. The molecule has 1 aromatic rings. The van der Waals surface area contributed by atoms with Crippen molar-refractivity contribution in [1.82, 2.24) is 20.5 Å². The highest BCUT2D eigenvalue weighted by atomic mass is 32.2. The molecule has 1 aromatic heterocycles. The van der Waals surface area contributed by atoms with E-state index in [1.54, 1.807) is 18.8 Å². The second-order valence-corrected chi connectivity index (χ2v) is 5.67. The van der Waals surface area contributed by atoms with E-state index < -0.39 is 4.92 Å². The fourth-order valence-electron chi connectivity index (χ4n) is 1.60. The lowest BCUT2D eigenvalue weighted by Crippen LogP contribution is -2.26. The van der Waals surface area contributed by atoms with Gasteiger partial charge in [-0.15, -0.1) is 11.8 Å². The van der Waals surface area contributed by atoms with Crippen LogP contribution in [0.3, 0.4) is 0 Å². The molecular weight excluding hydrogens is 290 g/mol. The Morgan fingerprint density at radius 1 is 1.52 bits per heavy atom. The molecule has 0 aliphatic carbocycles. The van der Waals surface area contributed by atoms with Crippen molar-refractivity contribution in [2.45, 2.75) is 11.6 Å². The molecule has 0 aliphatic heterocycles. The summed E-state index contributed by atoms with van der Waals surface area (Å²) in [6.45, 7) is 1.42. The lowest BCUT2D eigenvalue weighted by molar-refractivity contribution is -0.404. The quantitative estimate of drug-likeness (QED) is 0.306. The fourth-order valence-corrected chi connectivity index (χ4v) is 2.37. The summed E-state index contributed by atoms with van der Waals surface area (Å²) in [4.78, 5) is 16.5. The highest BCUT2D eigenvalue weighted by molar-refractivity contribution is 7.99. The van der Waals surface area contributed by atoms with E-state index in [9.17, 15) is 10.1 Å². The molecule has 0 bridgehead atoms. The second kappa shape index (κ2) is 9.19. The van der Waals surface area contributed by atoms with Gasteiger partial charge in [0.1, 0.15) is 0 Å². The van der Waals surface area contributed by atoms with Crippen LogP contribution in [0, 0.1) is 10.1 Å². The minimum Gasteiger partial charge on any atom is -0.370 e. The van der Waals surface area contributed by atoms with Crippen LogP contribution in [-0.2, 0) is 6.54 Å². The SMILES string of the molecule is CNC(=C[N+](=O)[O-])NCCSc1cccc(CN(C)C)n1. The van der Waals surface area contributed by atoms with Crippen molar-refractivity contribution in [2.24, 2.45) is 0 Å². The van der Waals surface area contributed by atoms with Crippen LogP contribution < -0.4 is 10.6 Å². The Morgan fingerprint density at radius 2 is 2.29 bits per heavy atom. The zero-order valence-corrected chi connectivity index (χ0v) is 13.3. The van der Waals surface area contributed by atoms with Crippen LogP contribution in [0.2, 0.25) is 0 Å². The first-order valence-corrected chi connectivity index (χ1v) is 7.50. The summed E-state index contributed by atoms with van der Waals surface area (Å²) < 4.78 is 0. The summed E-state index contributed by atoms with van der Waals surface area (Å²) in [5.41, 5.74) is 1.03. The fraction of sp³-hybridized carbons (Fsp3) is 0.462. The van der Waals surface area contributed by atoms with Gasteiger partial charge in [0.2, 0.25) is 0 Å². The number of nitro groups is 1. The normalized spacial score (nSPS) is 11.5. The molecule has 0 spiro atoms. The topological polar surface area (TPSA) is 83.3 Å². The number of nitrogens with zero attached hydrogens (tertiary/aromatic N) is 3. The summed E-state index contributed by atoms with van der Waals surface area (Å²) in [5, 5.41) is 17.0. The number of aromatic nitrogens is 1. The summed E-state index contributed by atoms with van der Waals surface area (Å²) in [6, 6.07) is 5.96. The van der Waals surface area contributed by atoms with Crippen LogP contribution in [-0.4, -0.2) is 48.2 Å². The number of hydrogen-bond acceptors (Lipinski definition) is 7. The molecule has 1 rings (SSSR count). The number of rotatable bonds is 9. The zero-order valence-electron chi connectivity index (χ0n) is 12.5.